The molecule has 4 nitrogen and oxygen atoms in total. The summed E-state index contributed by atoms with van der Waals surface area (Å²) in [6, 6.07) is 13.6. The van der Waals surface area contributed by atoms with Crippen LogP contribution >= 0.6 is 11.8 Å². The maximum Gasteiger partial charge on any atom is 0.322 e. The molecule has 1 aromatic carbocycles. The quantitative estimate of drug-likeness (QED) is 0.845. The van der Waals surface area contributed by atoms with E-state index in [0.29, 0.717) is 18.3 Å². The molecule has 0 saturated carbocycles. The zero-order valence-corrected chi connectivity index (χ0v) is 14.6. The summed E-state index contributed by atoms with van der Waals surface area (Å²) in [7, 11) is 0. The van der Waals surface area contributed by atoms with Crippen LogP contribution in [0.5, 0.6) is 0 Å². The van der Waals surface area contributed by atoms with Gasteiger partial charge in [-0.2, -0.15) is 11.8 Å². The molecule has 0 aliphatic carbocycles. The molecule has 1 aromatic heterocycles. The van der Waals surface area contributed by atoms with E-state index >= 15 is 0 Å². The Morgan fingerprint density at radius 1 is 1.30 bits per heavy atom. The third-order valence-electron chi connectivity index (χ3n) is 3.71. The van der Waals surface area contributed by atoms with E-state index in [4.69, 9.17) is 0 Å². The van der Waals surface area contributed by atoms with E-state index in [2.05, 4.69) is 29.5 Å². The fraction of sp³-hybridized carbons (Fsp3) is 0.333. The average Bonchev–Trinajstić information content (AvgIpc) is 2.60. The summed E-state index contributed by atoms with van der Waals surface area (Å²) in [6.07, 6.45) is 3.83. The number of amides is 2. The molecule has 23 heavy (non-hydrogen) atoms. The van der Waals surface area contributed by atoms with Gasteiger partial charge in [0.2, 0.25) is 0 Å². The molecule has 0 aliphatic heterocycles. The van der Waals surface area contributed by atoms with Gasteiger partial charge in [-0.25, -0.2) is 4.79 Å². The lowest BCUT2D eigenvalue weighted by Gasteiger charge is -2.21. The number of aromatic nitrogens is 1. The standard InChI is InChI=1S/C18H23N3OS/c1-4-21(13-17-9-5-6-11-19-17)18(22)20-16-10-7-8-15(12-16)14(2)23-3/h5-12,14H,4,13H2,1-3H3,(H,20,22). The molecule has 1 unspecified atom stereocenters. The molecular weight excluding hydrogens is 306 g/mol. The Balaban J connectivity index is 2.04. The van der Waals surface area contributed by atoms with Gasteiger partial charge in [-0.1, -0.05) is 18.2 Å². The molecule has 5 heteroatoms. The van der Waals surface area contributed by atoms with E-state index in [-0.39, 0.29) is 6.03 Å². The summed E-state index contributed by atoms with van der Waals surface area (Å²) in [6.45, 7) is 5.26. The second kappa shape index (κ2) is 8.58. The van der Waals surface area contributed by atoms with Crippen molar-refractivity contribution in [3.8, 4) is 0 Å². The predicted molar refractivity (Wildman–Crippen MR) is 97.7 cm³/mol. The highest BCUT2D eigenvalue weighted by Gasteiger charge is 2.13. The van der Waals surface area contributed by atoms with Crippen LogP contribution in [0.2, 0.25) is 0 Å². The van der Waals surface area contributed by atoms with Crippen molar-refractivity contribution in [1.29, 1.82) is 0 Å². The van der Waals surface area contributed by atoms with Crippen molar-refractivity contribution < 1.29 is 4.79 Å². The second-order valence-corrected chi connectivity index (χ2v) is 6.45. The maximum absolute atomic E-state index is 12.5. The number of urea groups is 1. The lowest BCUT2D eigenvalue weighted by molar-refractivity contribution is 0.211. The van der Waals surface area contributed by atoms with Crippen molar-refractivity contribution >= 4 is 23.5 Å². The van der Waals surface area contributed by atoms with Crippen LogP contribution in [0.3, 0.4) is 0 Å². The minimum absolute atomic E-state index is 0.105. The largest absolute Gasteiger partial charge is 0.322 e. The molecule has 0 aliphatic rings. The van der Waals surface area contributed by atoms with Gasteiger partial charge >= 0.3 is 6.03 Å². The van der Waals surface area contributed by atoms with Crippen LogP contribution < -0.4 is 5.32 Å². The van der Waals surface area contributed by atoms with Crippen LogP contribution in [-0.4, -0.2) is 28.7 Å². The van der Waals surface area contributed by atoms with E-state index in [1.165, 1.54) is 5.56 Å². The summed E-state index contributed by atoms with van der Waals surface area (Å²) in [4.78, 5) is 18.5. The highest BCUT2D eigenvalue weighted by Crippen LogP contribution is 2.27. The first-order valence-corrected chi connectivity index (χ1v) is 9.01. The third-order valence-corrected chi connectivity index (χ3v) is 4.69. The number of nitrogens with zero attached hydrogens (tertiary/aromatic N) is 2. The molecule has 1 atom stereocenters. The smallest absolute Gasteiger partial charge is 0.319 e. The van der Waals surface area contributed by atoms with E-state index in [1.807, 2.05) is 43.3 Å². The SMILES string of the molecule is CCN(Cc1ccccn1)C(=O)Nc1cccc(C(C)SC)c1. The van der Waals surface area contributed by atoms with Crippen LogP contribution in [-0.2, 0) is 6.54 Å². The van der Waals surface area contributed by atoms with Crippen LogP contribution in [0.1, 0.15) is 30.4 Å². The molecule has 1 N–H and O–H groups in total. The predicted octanol–water partition coefficient (Wildman–Crippen LogP) is 4.56. The first-order valence-electron chi connectivity index (χ1n) is 7.72. The first-order chi connectivity index (χ1) is 11.1. The molecule has 0 fully saturated rings. The Hall–Kier alpha value is -2.01. The van der Waals surface area contributed by atoms with Gasteiger partial charge in [0.25, 0.3) is 0 Å². The number of thioether (sulfide) groups is 1. The number of anilines is 1. The van der Waals surface area contributed by atoms with Crippen molar-refractivity contribution in [2.45, 2.75) is 25.6 Å². The van der Waals surface area contributed by atoms with Crippen LogP contribution in [0, 0.1) is 0 Å². The van der Waals surface area contributed by atoms with Gasteiger partial charge in [0.15, 0.2) is 0 Å². The highest BCUT2D eigenvalue weighted by molar-refractivity contribution is 7.98. The van der Waals surface area contributed by atoms with Crippen molar-refractivity contribution in [2.75, 3.05) is 18.1 Å². The molecule has 2 amide bonds. The summed E-state index contributed by atoms with van der Waals surface area (Å²) in [5, 5.41) is 3.39. The summed E-state index contributed by atoms with van der Waals surface area (Å²) < 4.78 is 0. The minimum Gasteiger partial charge on any atom is -0.319 e. The van der Waals surface area contributed by atoms with Crippen LogP contribution in [0.25, 0.3) is 0 Å². The molecule has 0 radical (unpaired) electrons. The first kappa shape index (κ1) is 17.3. The van der Waals surface area contributed by atoms with E-state index < -0.39 is 0 Å². The molecule has 2 rings (SSSR count). The van der Waals surface area contributed by atoms with Crippen molar-refractivity contribution in [3.63, 3.8) is 0 Å². The minimum atomic E-state index is -0.105. The lowest BCUT2D eigenvalue weighted by Crippen LogP contribution is -2.34. The van der Waals surface area contributed by atoms with Crippen LogP contribution in [0.4, 0.5) is 10.5 Å². The Kier molecular flexibility index (Phi) is 6.47. The molecule has 122 valence electrons. The summed E-state index contributed by atoms with van der Waals surface area (Å²) in [5.41, 5.74) is 2.92. The van der Waals surface area contributed by atoms with Gasteiger partial charge in [-0.3, -0.25) is 4.98 Å². The zero-order valence-electron chi connectivity index (χ0n) is 13.8. The van der Waals surface area contributed by atoms with Crippen molar-refractivity contribution in [2.24, 2.45) is 0 Å². The molecule has 0 spiro atoms. The Morgan fingerprint density at radius 2 is 2.13 bits per heavy atom. The van der Waals surface area contributed by atoms with Gasteiger partial charge in [-0.15, -0.1) is 0 Å². The molecule has 2 aromatic rings. The summed E-state index contributed by atoms with van der Waals surface area (Å²) >= 11 is 1.79. The average molecular weight is 329 g/mol. The molecule has 1 heterocycles. The number of benzene rings is 1. The Labute approximate surface area is 142 Å². The number of carbonyl (C=O) groups excluding carboxylic acids is 1. The number of hydrogen-bond donors (Lipinski definition) is 1. The van der Waals surface area contributed by atoms with Gasteiger partial charge in [0.05, 0.1) is 12.2 Å². The number of carbonyl (C=O) groups is 1. The Morgan fingerprint density at radius 3 is 2.78 bits per heavy atom. The summed E-state index contributed by atoms with van der Waals surface area (Å²) in [5.74, 6) is 0. The van der Waals surface area contributed by atoms with E-state index in [0.717, 1.165) is 11.4 Å². The van der Waals surface area contributed by atoms with Gasteiger partial charge in [-0.05, 0) is 49.9 Å². The monoisotopic (exact) mass is 329 g/mol. The zero-order chi connectivity index (χ0) is 16.7. The Bertz CT molecular complexity index is 633. The topological polar surface area (TPSA) is 45.2 Å². The van der Waals surface area contributed by atoms with E-state index in [1.54, 1.807) is 22.9 Å². The van der Waals surface area contributed by atoms with Gasteiger partial charge in [0.1, 0.15) is 0 Å². The van der Waals surface area contributed by atoms with E-state index in [9.17, 15) is 4.79 Å². The normalized spacial score (nSPS) is 11.8. The number of rotatable bonds is 6. The molecule has 0 saturated heterocycles. The fourth-order valence-electron chi connectivity index (χ4n) is 2.22. The number of pyridine rings is 1. The van der Waals surface area contributed by atoms with Crippen LogP contribution in [0.15, 0.2) is 48.7 Å². The molecule has 0 bridgehead atoms. The molecular formula is C18H23N3OS. The lowest BCUT2D eigenvalue weighted by atomic mass is 10.1. The van der Waals surface area contributed by atoms with Gasteiger partial charge < -0.3 is 10.2 Å². The van der Waals surface area contributed by atoms with Crippen molar-refractivity contribution in [3.05, 3.63) is 59.9 Å². The maximum atomic E-state index is 12.5. The highest BCUT2D eigenvalue weighted by atomic mass is 32.2. The van der Waals surface area contributed by atoms with Gasteiger partial charge in [0, 0.05) is 23.7 Å². The second-order valence-electron chi connectivity index (χ2n) is 5.27. The number of hydrogen-bond acceptors (Lipinski definition) is 3. The third kappa shape index (κ3) is 4.99. The fourth-order valence-corrected chi connectivity index (χ4v) is 2.64. The van der Waals surface area contributed by atoms with Crippen molar-refractivity contribution in [1.82, 2.24) is 9.88 Å². The number of nitrogens with one attached hydrogen (secondary N) is 1.